The van der Waals surface area contributed by atoms with E-state index in [9.17, 15) is 22.9 Å². The zero-order valence-electron chi connectivity index (χ0n) is 14.9. The number of benzene rings is 1. The van der Waals surface area contributed by atoms with Crippen LogP contribution in [0, 0.1) is 17.1 Å². The Kier molecular flexibility index (Phi) is 5.86. The normalized spacial score (nSPS) is 11.8. The van der Waals surface area contributed by atoms with Gasteiger partial charge >= 0.3 is 0 Å². The third-order valence-electron chi connectivity index (χ3n) is 3.68. The zero-order chi connectivity index (χ0) is 21.0. The first-order valence-electron chi connectivity index (χ1n) is 8.17. The summed E-state index contributed by atoms with van der Waals surface area (Å²) in [6, 6.07) is 10.6. The van der Waals surface area contributed by atoms with Gasteiger partial charge in [-0.1, -0.05) is 18.3 Å². The standard InChI is InChI=1S/C18H13FN4O4S2/c1-2-29(25,26)18-23-22-17(28-18)21-16(24)12(10-20)9-14-7-8-15(27-14)11-3-5-13(19)6-4-11/h3-9H,2H2,1H3,(H,21,22,24)/b12-9-. The number of halogens is 1. The minimum atomic E-state index is -3.54. The van der Waals surface area contributed by atoms with Gasteiger partial charge < -0.3 is 4.42 Å². The summed E-state index contributed by atoms with van der Waals surface area (Å²) in [6.07, 6.45) is 1.23. The Morgan fingerprint density at radius 2 is 2.00 bits per heavy atom. The summed E-state index contributed by atoms with van der Waals surface area (Å²) in [6.45, 7) is 1.47. The second-order valence-electron chi connectivity index (χ2n) is 5.61. The Balaban J connectivity index is 1.77. The zero-order valence-corrected chi connectivity index (χ0v) is 16.6. The third kappa shape index (κ3) is 4.74. The first-order chi connectivity index (χ1) is 13.8. The molecule has 0 radical (unpaired) electrons. The van der Waals surface area contributed by atoms with E-state index in [2.05, 4.69) is 15.5 Å². The van der Waals surface area contributed by atoms with Crippen LogP contribution in [0.3, 0.4) is 0 Å². The fourth-order valence-electron chi connectivity index (χ4n) is 2.16. The first-order valence-corrected chi connectivity index (χ1v) is 10.6. The molecule has 1 amide bonds. The van der Waals surface area contributed by atoms with E-state index in [1.165, 1.54) is 37.3 Å². The highest BCUT2D eigenvalue weighted by molar-refractivity contribution is 7.93. The summed E-state index contributed by atoms with van der Waals surface area (Å²) < 4.78 is 41.9. The highest BCUT2D eigenvalue weighted by Crippen LogP contribution is 2.24. The third-order valence-corrected chi connectivity index (χ3v) is 6.70. The summed E-state index contributed by atoms with van der Waals surface area (Å²) in [5, 5.41) is 18.7. The summed E-state index contributed by atoms with van der Waals surface area (Å²) in [7, 11) is -3.54. The second-order valence-corrected chi connectivity index (χ2v) is 9.04. The van der Waals surface area contributed by atoms with E-state index in [4.69, 9.17) is 4.42 Å². The van der Waals surface area contributed by atoms with Gasteiger partial charge in [0.15, 0.2) is 0 Å². The molecule has 0 aliphatic carbocycles. The number of nitrogens with zero attached hydrogens (tertiary/aromatic N) is 3. The van der Waals surface area contributed by atoms with Crippen molar-refractivity contribution in [2.24, 2.45) is 0 Å². The number of amides is 1. The van der Waals surface area contributed by atoms with Gasteiger partial charge in [-0.2, -0.15) is 5.26 Å². The molecule has 0 spiro atoms. The highest BCUT2D eigenvalue weighted by Gasteiger charge is 2.20. The lowest BCUT2D eigenvalue weighted by atomic mass is 10.2. The minimum absolute atomic E-state index is 0.0466. The van der Waals surface area contributed by atoms with Crippen LogP contribution < -0.4 is 5.32 Å². The summed E-state index contributed by atoms with van der Waals surface area (Å²) in [4.78, 5) is 12.3. The predicted octanol–water partition coefficient (Wildman–Crippen LogP) is 3.28. The van der Waals surface area contributed by atoms with Crippen LogP contribution in [0.2, 0.25) is 0 Å². The molecule has 3 aromatic rings. The average Bonchev–Trinajstić information content (AvgIpc) is 3.36. The first kappa shape index (κ1) is 20.4. The van der Waals surface area contributed by atoms with Crippen molar-refractivity contribution in [3.05, 3.63) is 53.5 Å². The number of anilines is 1. The number of carbonyl (C=O) groups is 1. The van der Waals surface area contributed by atoms with Crippen LogP contribution in [-0.2, 0) is 14.6 Å². The monoisotopic (exact) mass is 432 g/mol. The summed E-state index contributed by atoms with van der Waals surface area (Å²) >= 11 is 0.697. The molecule has 29 heavy (non-hydrogen) atoms. The van der Waals surface area contributed by atoms with E-state index in [1.54, 1.807) is 18.2 Å². The van der Waals surface area contributed by atoms with E-state index in [-0.39, 0.29) is 32.4 Å². The van der Waals surface area contributed by atoms with Gasteiger partial charge in [-0.05, 0) is 36.4 Å². The fourth-order valence-corrected chi connectivity index (χ4v) is 4.15. The van der Waals surface area contributed by atoms with Gasteiger partial charge in [-0.15, -0.1) is 10.2 Å². The maximum atomic E-state index is 13.0. The predicted molar refractivity (Wildman–Crippen MR) is 104 cm³/mol. The largest absolute Gasteiger partial charge is 0.457 e. The van der Waals surface area contributed by atoms with Crippen molar-refractivity contribution in [1.82, 2.24) is 10.2 Å². The molecule has 148 valence electrons. The molecule has 8 nitrogen and oxygen atoms in total. The smallest absolute Gasteiger partial charge is 0.268 e. The molecule has 1 N–H and O–H groups in total. The Hall–Kier alpha value is -3.36. The van der Waals surface area contributed by atoms with Gasteiger partial charge in [0.1, 0.15) is 29.0 Å². The van der Waals surface area contributed by atoms with Gasteiger partial charge in [-0.3, -0.25) is 10.1 Å². The van der Waals surface area contributed by atoms with E-state index >= 15 is 0 Å². The molecule has 2 heterocycles. The number of hydrogen-bond acceptors (Lipinski definition) is 8. The van der Waals surface area contributed by atoms with E-state index < -0.39 is 15.7 Å². The molecule has 0 saturated heterocycles. The Morgan fingerprint density at radius 3 is 2.66 bits per heavy atom. The van der Waals surface area contributed by atoms with Gasteiger partial charge in [-0.25, -0.2) is 12.8 Å². The number of sulfone groups is 1. The van der Waals surface area contributed by atoms with Crippen molar-refractivity contribution in [3.8, 4) is 17.4 Å². The van der Waals surface area contributed by atoms with Crippen LogP contribution in [0.5, 0.6) is 0 Å². The molecule has 0 aliphatic heterocycles. The number of furan rings is 1. The molecular weight excluding hydrogens is 419 g/mol. The van der Waals surface area contributed by atoms with Crippen LogP contribution in [0.1, 0.15) is 12.7 Å². The number of rotatable bonds is 6. The summed E-state index contributed by atoms with van der Waals surface area (Å²) in [5.41, 5.74) is 0.354. The molecule has 0 fully saturated rings. The highest BCUT2D eigenvalue weighted by atomic mass is 32.2. The van der Waals surface area contributed by atoms with Crippen LogP contribution in [0.4, 0.5) is 9.52 Å². The second kappa shape index (κ2) is 8.34. The summed E-state index contributed by atoms with van der Waals surface area (Å²) in [5.74, 6) is -0.636. The molecule has 0 saturated carbocycles. The van der Waals surface area contributed by atoms with Gasteiger partial charge in [0, 0.05) is 11.6 Å². The lowest BCUT2D eigenvalue weighted by Gasteiger charge is -1.99. The Morgan fingerprint density at radius 1 is 1.28 bits per heavy atom. The van der Waals surface area contributed by atoms with Crippen molar-refractivity contribution in [1.29, 1.82) is 5.26 Å². The van der Waals surface area contributed by atoms with Crippen molar-refractivity contribution < 1.29 is 22.0 Å². The molecular formula is C18H13FN4O4S2. The van der Waals surface area contributed by atoms with E-state index in [0.29, 0.717) is 22.7 Å². The number of nitrogens with one attached hydrogen (secondary N) is 1. The van der Waals surface area contributed by atoms with Crippen LogP contribution in [0.15, 0.2) is 50.7 Å². The average molecular weight is 432 g/mol. The quantitative estimate of drug-likeness (QED) is 0.360. The maximum Gasteiger partial charge on any atom is 0.268 e. The SMILES string of the molecule is CCS(=O)(=O)c1nnc(NC(=O)/C(C#N)=C\c2ccc(-c3ccc(F)cc3)o2)s1. The molecule has 0 bridgehead atoms. The van der Waals surface area contributed by atoms with Crippen LogP contribution in [0.25, 0.3) is 17.4 Å². The van der Waals surface area contributed by atoms with Crippen LogP contribution in [-0.4, -0.2) is 30.3 Å². The minimum Gasteiger partial charge on any atom is -0.457 e. The number of hydrogen-bond donors (Lipinski definition) is 1. The molecule has 11 heteroatoms. The Bertz CT molecular complexity index is 1220. The molecule has 1 aromatic carbocycles. The molecule has 0 unspecified atom stereocenters. The molecule has 2 aromatic heterocycles. The maximum absolute atomic E-state index is 13.0. The van der Waals surface area contributed by atoms with Crippen molar-refractivity contribution >= 4 is 38.3 Å². The Labute approximate surface area is 169 Å². The van der Waals surface area contributed by atoms with Gasteiger partial charge in [0.05, 0.1) is 5.75 Å². The number of carbonyl (C=O) groups excluding carboxylic acids is 1. The lowest BCUT2D eigenvalue weighted by molar-refractivity contribution is -0.112. The van der Waals surface area contributed by atoms with Crippen molar-refractivity contribution in [2.75, 3.05) is 11.1 Å². The molecule has 0 aliphatic rings. The van der Waals surface area contributed by atoms with Crippen molar-refractivity contribution in [2.45, 2.75) is 11.3 Å². The van der Waals surface area contributed by atoms with Crippen LogP contribution >= 0.6 is 11.3 Å². The fraction of sp³-hybridized carbons (Fsp3) is 0.111. The van der Waals surface area contributed by atoms with E-state index in [1.807, 2.05) is 0 Å². The molecule has 3 rings (SSSR count). The van der Waals surface area contributed by atoms with Gasteiger partial charge in [0.2, 0.25) is 19.3 Å². The lowest BCUT2D eigenvalue weighted by Crippen LogP contribution is -2.13. The number of nitriles is 1. The molecule has 0 atom stereocenters. The van der Waals surface area contributed by atoms with E-state index in [0.717, 1.165) is 0 Å². The van der Waals surface area contributed by atoms with Gasteiger partial charge in [0.25, 0.3) is 5.91 Å². The topological polar surface area (TPSA) is 126 Å². The van der Waals surface area contributed by atoms with Crippen molar-refractivity contribution in [3.63, 3.8) is 0 Å². The number of aromatic nitrogens is 2.